The van der Waals surface area contributed by atoms with E-state index in [-0.39, 0.29) is 6.04 Å². The molecule has 0 amide bonds. The molecule has 96 valence electrons. The molecule has 2 aromatic rings. The summed E-state index contributed by atoms with van der Waals surface area (Å²) in [6.07, 6.45) is 3.82. The van der Waals surface area contributed by atoms with Gasteiger partial charge in [0.2, 0.25) is 0 Å². The Kier molecular flexibility index (Phi) is 3.82. The van der Waals surface area contributed by atoms with E-state index in [1.165, 1.54) is 11.1 Å². The lowest BCUT2D eigenvalue weighted by Crippen LogP contribution is -2.25. The van der Waals surface area contributed by atoms with E-state index in [0.717, 1.165) is 5.82 Å². The van der Waals surface area contributed by atoms with Crippen LogP contribution in [0.4, 0.5) is 0 Å². The van der Waals surface area contributed by atoms with E-state index in [0.29, 0.717) is 6.04 Å². The van der Waals surface area contributed by atoms with Crippen LogP contribution in [0, 0.1) is 6.92 Å². The predicted molar refractivity (Wildman–Crippen MR) is 74.4 cm³/mol. The molecule has 2 rings (SSSR count). The summed E-state index contributed by atoms with van der Waals surface area (Å²) in [6, 6.07) is 9.05. The van der Waals surface area contributed by atoms with E-state index in [2.05, 4.69) is 59.9 Å². The van der Waals surface area contributed by atoms with Gasteiger partial charge in [0.05, 0.1) is 6.04 Å². The number of benzene rings is 1. The quantitative estimate of drug-likeness (QED) is 0.894. The van der Waals surface area contributed by atoms with Crippen LogP contribution in [0.3, 0.4) is 0 Å². The van der Waals surface area contributed by atoms with Crippen LogP contribution in [-0.2, 0) is 7.05 Å². The normalized spacial score (nSPS) is 14.4. The van der Waals surface area contributed by atoms with Crippen molar-refractivity contribution >= 4 is 0 Å². The van der Waals surface area contributed by atoms with E-state index in [1.807, 2.05) is 19.4 Å². The van der Waals surface area contributed by atoms with Crippen LogP contribution in [0.25, 0.3) is 0 Å². The third-order valence-electron chi connectivity index (χ3n) is 3.40. The molecule has 0 aliphatic carbocycles. The minimum absolute atomic E-state index is 0.236. The molecule has 0 saturated heterocycles. The number of hydrogen-bond acceptors (Lipinski definition) is 2. The van der Waals surface area contributed by atoms with Crippen molar-refractivity contribution in [3.05, 3.63) is 53.6 Å². The Labute approximate surface area is 109 Å². The second kappa shape index (κ2) is 5.36. The Hall–Kier alpha value is -1.61. The number of imidazole rings is 1. The Morgan fingerprint density at radius 3 is 2.50 bits per heavy atom. The lowest BCUT2D eigenvalue weighted by atomic mass is 10.0. The van der Waals surface area contributed by atoms with Gasteiger partial charge in [-0.1, -0.05) is 24.3 Å². The number of aryl methyl sites for hydroxylation is 2. The summed E-state index contributed by atoms with van der Waals surface area (Å²) >= 11 is 0. The fourth-order valence-corrected chi connectivity index (χ4v) is 2.41. The molecule has 1 heterocycles. The Morgan fingerprint density at radius 2 is 1.89 bits per heavy atom. The van der Waals surface area contributed by atoms with Crippen LogP contribution in [0.15, 0.2) is 36.7 Å². The van der Waals surface area contributed by atoms with Crippen LogP contribution >= 0.6 is 0 Å². The Morgan fingerprint density at radius 1 is 1.17 bits per heavy atom. The largest absolute Gasteiger partial charge is 0.337 e. The summed E-state index contributed by atoms with van der Waals surface area (Å²) in [5, 5.41) is 3.60. The number of hydrogen-bond donors (Lipinski definition) is 1. The molecule has 18 heavy (non-hydrogen) atoms. The molecule has 0 aliphatic heterocycles. The first-order valence-electron chi connectivity index (χ1n) is 6.38. The molecule has 2 atom stereocenters. The van der Waals surface area contributed by atoms with Crippen molar-refractivity contribution in [3.8, 4) is 0 Å². The molecule has 0 fully saturated rings. The average Bonchev–Trinajstić information content (AvgIpc) is 2.76. The van der Waals surface area contributed by atoms with Crippen molar-refractivity contribution in [1.82, 2.24) is 14.9 Å². The number of aromatic nitrogens is 2. The number of rotatable bonds is 4. The standard InChI is InChI=1S/C15H21N3/c1-11-7-5-6-8-14(11)12(2)17-13(3)15-16-9-10-18(15)4/h5-10,12-13,17H,1-4H3. The van der Waals surface area contributed by atoms with Gasteiger partial charge in [-0.3, -0.25) is 0 Å². The topological polar surface area (TPSA) is 29.9 Å². The summed E-state index contributed by atoms with van der Waals surface area (Å²) in [6.45, 7) is 6.50. The van der Waals surface area contributed by atoms with E-state index in [1.54, 1.807) is 0 Å². The zero-order valence-corrected chi connectivity index (χ0v) is 11.5. The van der Waals surface area contributed by atoms with Crippen molar-refractivity contribution in [2.24, 2.45) is 7.05 Å². The van der Waals surface area contributed by atoms with E-state index >= 15 is 0 Å². The molecule has 1 aromatic carbocycles. The van der Waals surface area contributed by atoms with Crippen LogP contribution in [-0.4, -0.2) is 9.55 Å². The highest BCUT2D eigenvalue weighted by Crippen LogP contribution is 2.20. The minimum atomic E-state index is 0.236. The molecule has 2 unspecified atom stereocenters. The highest BCUT2D eigenvalue weighted by Gasteiger charge is 2.15. The number of nitrogens with one attached hydrogen (secondary N) is 1. The van der Waals surface area contributed by atoms with Gasteiger partial charge < -0.3 is 9.88 Å². The van der Waals surface area contributed by atoms with Crippen molar-refractivity contribution < 1.29 is 0 Å². The zero-order valence-electron chi connectivity index (χ0n) is 11.5. The first kappa shape index (κ1) is 12.8. The van der Waals surface area contributed by atoms with Gasteiger partial charge in [0.1, 0.15) is 5.82 Å². The van der Waals surface area contributed by atoms with Gasteiger partial charge >= 0.3 is 0 Å². The predicted octanol–water partition coefficient (Wildman–Crippen LogP) is 3.14. The van der Waals surface area contributed by atoms with Crippen molar-refractivity contribution in [2.75, 3.05) is 0 Å². The molecular formula is C15H21N3. The van der Waals surface area contributed by atoms with Gasteiger partial charge in [-0.05, 0) is 31.9 Å². The molecule has 3 heteroatoms. The first-order valence-corrected chi connectivity index (χ1v) is 6.38. The molecule has 0 bridgehead atoms. The second-order valence-corrected chi connectivity index (χ2v) is 4.86. The van der Waals surface area contributed by atoms with Crippen LogP contribution in [0.2, 0.25) is 0 Å². The van der Waals surface area contributed by atoms with E-state index in [4.69, 9.17) is 0 Å². The Bertz CT molecular complexity index is 516. The minimum Gasteiger partial charge on any atom is -0.337 e. The van der Waals surface area contributed by atoms with Crippen LogP contribution < -0.4 is 5.32 Å². The van der Waals surface area contributed by atoms with Gasteiger partial charge in [0.15, 0.2) is 0 Å². The Balaban J connectivity index is 2.11. The van der Waals surface area contributed by atoms with Gasteiger partial charge in [-0.25, -0.2) is 4.98 Å². The van der Waals surface area contributed by atoms with E-state index in [9.17, 15) is 0 Å². The maximum atomic E-state index is 4.39. The van der Waals surface area contributed by atoms with Gasteiger partial charge in [0.25, 0.3) is 0 Å². The smallest absolute Gasteiger partial charge is 0.125 e. The highest BCUT2D eigenvalue weighted by molar-refractivity contribution is 5.28. The molecule has 0 radical (unpaired) electrons. The third kappa shape index (κ3) is 2.62. The van der Waals surface area contributed by atoms with Crippen molar-refractivity contribution in [3.63, 3.8) is 0 Å². The van der Waals surface area contributed by atoms with Gasteiger partial charge in [-0.15, -0.1) is 0 Å². The first-order chi connectivity index (χ1) is 8.59. The summed E-state index contributed by atoms with van der Waals surface area (Å²) < 4.78 is 2.06. The summed E-state index contributed by atoms with van der Waals surface area (Å²) in [7, 11) is 2.03. The van der Waals surface area contributed by atoms with E-state index < -0.39 is 0 Å². The van der Waals surface area contributed by atoms with Crippen molar-refractivity contribution in [1.29, 1.82) is 0 Å². The molecule has 0 spiro atoms. The average molecular weight is 243 g/mol. The highest BCUT2D eigenvalue weighted by atomic mass is 15.1. The maximum absolute atomic E-state index is 4.39. The fraction of sp³-hybridized carbons (Fsp3) is 0.400. The molecule has 0 saturated carbocycles. The van der Waals surface area contributed by atoms with Gasteiger partial charge in [-0.2, -0.15) is 0 Å². The third-order valence-corrected chi connectivity index (χ3v) is 3.40. The van der Waals surface area contributed by atoms with Crippen molar-refractivity contribution in [2.45, 2.75) is 32.9 Å². The molecular weight excluding hydrogens is 222 g/mol. The summed E-state index contributed by atoms with van der Waals surface area (Å²) in [5.41, 5.74) is 2.67. The molecule has 1 N–H and O–H groups in total. The molecule has 0 aliphatic rings. The molecule has 3 nitrogen and oxygen atoms in total. The fourth-order valence-electron chi connectivity index (χ4n) is 2.41. The maximum Gasteiger partial charge on any atom is 0.125 e. The summed E-state index contributed by atoms with van der Waals surface area (Å²) in [4.78, 5) is 4.39. The lowest BCUT2D eigenvalue weighted by molar-refractivity contribution is 0.466. The molecule has 1 aromatic heterocycles. The zero-order chi connectivity index (χ0) is 13.1. The SMILES string of the molecule is Cc1ccccc1C(C)NC(C)c1nccn1C. The van der Waals surface area contributed by atoms with Gasteiger partial charge in [0, 0.05) is 25.5 Å². The van der Waals surface area contributed by atoms with Crippen LogP contribution in [0.1, 0.15) is 42.9 Å². The lowest BCUT2D eigenvalue weighted by Gasteiger charge is -2.21. The summed E-state index contributed by atoms with van der Waals surface area (Å²) in [5.74, 6) is 1.07. The number of nitrogens with zero attached hydrogens (tertiary/aromatic N) is 2. The van der Waals surface area contributed by atoms with Crippen LogP contribution in [0.5, 0.6) is 0 Å². The second-order valence-electron chi connectivity index (χ2n) is 4.86. The monoisotopic (exact) mass is 243 g/mol.